The van der Waals surface area contributed by atoms with Gasteiger partial charge in [-0.25, -0.2) is 4.79 Å². The molecule has 184 valence electrons. The van der Waals surface area contributed by atoms with E-state index in [0.29, 0.717) is 11.3 Å². The lowest BCUT2D eigenvalue weighted by Gasteiger charge is -2.03. The second-order valence-corrected chi connectivity index (χ2v) is 8.39. The van der Waals surface area contributed by atoms with E-state index in [1.165, 1.54) is 76.7 Å². The van der Waals surface area contributed by atoms with E-state index < -0.39 is 11.9 Å². The fraction of sp³-hybridized carbons (Fsp3) is 0.571. The summed E-state index contributed by atoms with van der Waals surface area (Å²) in [5.74, 6) is -0.858. The van der Waals surface area contributed by atoms with Crippen LogP contribution < -0.4 is 4.74 Å². The van der Waals surface area contributed by atoms with Crippen molar-refractivity contribution in [1.82, 2.24) is 0 Å². The second-order valence-electron chi connectivity index (χ2n) is 8.39. The summed E-state index contributed by atoms with van der Waals surface area (Å²) in [5, 5.41) is 9.57. The maximum atomic E-state index is 11.8. The number of phenols is 1. The smallest absolute Gasteiger partial charge is 0.338 e. The molecule has 0 bridgehead atoms. The predicted octanol–water partition coefficient (Wildman–Crippen LogP) is 7.52. The van der Waals surface area contributed by atoms with Crippen LogP contribution in [0.3, 0.4) is 0 Å². The highest BCUT2D eigenvalue weighted by Gasteiger charge is 2.08. The topological polar surface area (TPSA) is 72.8 Å². The number of methoxy groups -OCH3 is 1. The number of phenolic OH excluding ortho intramolecular Hbond substituents is 1. The molecule has 5 nitrogen and oxygen atoms in total. The van der Waals surface area contributed by atoms with E-state index in [4.69, 9.17) is 9.47 Å². The molecule has 0 aliphatic rings. The van der Waals surface area contributed by atoms with Crippen LogP contribution in [0.5, 0.6) is 11.5 Å². The zero-order chi connectivity index (χ0) is 24.2. The maximum Gasteiger partial charge on any atom is 0.338 e. The molecule has 0 heterocycles. The van der Waals surface area contributed by atoms with Gasteiger partial charge < -0.3 is 14.6 Å². The summed E-state index contributed by atoms with van der Waals surface area (Å²) < 4.78 is 9.84. The Morgan fingerprint density at radius 2 is 1.48 bits per heavy atom. The lowest BCUT2D eigenvalue weighted by Crippen LogP contribution is -2.09. The summed E-state index contributed by atoms with van der Waals surface area (Å²) in [5.41, 5.74) is 0.659. The normalized spacial score (nSPS) is 11.3. The molecule has 0 aliphatic carbocycles. The average molecular weight is 459 g/mol. The molecule has 1 aromatic rings. The Balaban J connectivity index is 2.02. The third kappa shape index (κ3) is 15.0. The zero-order valence-corrected chi connectivity index (χ0v) is 20.5. The third-order valence-electron chi connectivity index (χ3n) is 5.47. The first-order chi connectivity index (χ1) is 16.1. The Hall–Kier alpha value is -2.56. The lowest BCUT2D eigenvalue weighted by molar-refractivity contribution is -0.156. The van der Waals surface area contributed by atoms with Crippen LogP contribution in [0.15, 0.2) is 36.4 Å². The van der Waals surface area contributed by atoms with Crippen LogP contribution in [0.4, 0.5) is 0 Å². The first kappa shape index (κ1) is 28.5. The van der Waals surface area contributed by atoms with Crippen molar-refractivity contribution in [3.8, 4) is 11.5 Å². The molecule has 1 aromatic carbocycles. The fourth-order valence-corrected chi connectivity index (χ4v) is 3.50. The highest BCUT2D eigenvalue weighted by molar-refractivity contribution is 5.94. The SMILES string of the molecule is CCCCCCCC/C=C\CCCCCCCC(=O)OC(=O)/C=C/c1ccc(O)c(OC)c1. The van der Waals surface area contributed by atoms with Crippen LogP contribution in [0.1, 0.15) is 102 Å². The van der Waals surface area contributed by atoms with Crippen molar-refractivity contribution in [2.24, 2.45) is 0 Å². The minimum atomic E-state index is -0.695. The molecule has 0 amide bonds. The Kier molecular flexibility index (Phi) is 16.4. The molecule has 0 spiro atoms. The summed E-state index contributed by atoms with van der Waals surface area (Å²) in [6.07, 6.45) is 23.1. The van der Waals surface area contributed by atoms with Crippen LogP contribution in [-0.2, 0) is 14.3 Å². The minimum absolute atomic E-state index is 0.0207. The van der Waals surface area contributed by atoms with Crippen LogP contribution in [0.2, 0.25) is 0 Å². The van der Waals surface area contributed by atoms with E-state index in [-0.39, 0.29) is 12.2 Å². The minimum Gasteiger partial charge on any atom is -0.504 e. The maximum absolute atomic E-state index is 11.8. The zero-order valence-electron chi connectivity index (χ0n) is 20.5. The van der Waals surface area contributed by atoms with Gasteiger partial charge in [-0.3, -0.25) is 4.79 Å². The molecular weight excluding hydrogens is 416 g/mol. The number of allylic oxidation sites excluding steroid dienone is 2. The highest BCUT2D eigenvalue weighted by atomic mass is 16.6. The van der Waals surface area contributed by atoms with Crippen LogP contribution in [-0.4, -0.2) is 24.2 Å². The van der Waals surface area contributed by atoms with E-state index in [1.54, 1.807) is 12.1 Å². The Morgan fingerprint density at radius 3 is 2.12 bits per heavy atom. The lowest BCUT2D eigenvalue weighted by atomic mass is 10.1. The summed E-state index contributed by atoms with van der Waals surface area (Å²) in [7, 11) is 1.45. The molecule has 0 atom stereocenters. The Labute approximate surface area is 199 Å². The van der Waals surface area contributed by atoms with Gasteiger partial charge in [0.2, 0.25) is 0 Å². The van der Waals surface area contributed by atoms with Crippen molar-refractivity contribution in [3.05, 3.63) is 42.0 Å². The molecule has 33 heavy (non-hydrogen) atoms. The number of carbonyl (C=O) groups excluding carboxylic acids is 2. The second kappa shape index (κ2) is 19.0. The van der Waals surface area contributed by atoms with E-state index in [0.717, 1.165) is 32.1 Å². The molecule has 1 N–H and O–H groups in total. The number of esters is 2. The van der Waals surface area contributed by atoms with Gasteiger partial charge in [0, 0.05) is 12.5 Å². The van der Waals surface area contributed by atoms with Gasteiger partial charge in [0.15, 0.2) is 11.5 Å². The van der Waals surface area contributed by atoms with Crippen molar-refractivity contribution in [1.29, 1.82) is 0 Å². The molecule has 0 aliphatic heterocycles. The number of rotatable bonds is 18. The van der Waals surface area contributed by atoms with Crippen molar-refractivity contribution >= 4 is 18.0 Å². The van der Waals surface area contributed by atoms with E-state index in [9.17, 15) is 14.7 Å². The molecule has 1 rings (SSSR count). The molecular formula is C28H42O5. The predicted molar refractivity (Wildman–Crippen MR) is 134 cm³/mol. The first-order valence-corrected chi connectivity index (χ1v) is 12.5. The molecule has 0 radical (unpaired) electrons. The number of hydrogen-bond acceptors (Lipinski definition) is 5. The van der Waals surface area contributed by atoms with Crippen LogP contribution >= 0.6 is 0 Å². The van der Waals surface area contributed by atoms with E-state index in [1.807, 2.05) is 0 Å². The standard InChI is InChI=1S/C28H42O5/c1-3-4-5-6-7-8-9-10-11-12-13-14-15-16-17-18-27(30)33-28(31)22-20-24-19-21-25(29)26(23-24)32-2/h10-11,19-23,29H,3-9,12-18H2,1-2H3/b11-10-,22-20+. The van der Waals surface area contributed by atoms with E-state index in [2.05, 4.69) is 19.1 Å². The van der Waals surface area contributed by atoms with Gasteiger partial charge >= 0.3 is 11.9 Å². The van der Waals surface area contributed by atoms with Crippen molar-refractivity contribution in [2.75, 3.05) is 7.11 Å². The summed E-state index contributed by atoms with van der Waals surface area (Å²) in [6.45, 7) is 2.25. The number of carbonyl (C=O) groups is 2. The quantitative estimate of drug-likeness (QED) is 0.0809. The molecule has 0 saturated heterocycles. The third-order valence-corrected chi connectivity index (χ3v) is 5.47. The summed E-state index contributed by atoms with van der Waals surface area (Å²) in [4.78, 5) is 23.6. The highest BCUT2D eigenvalue weighted by Crippen LogP contribution is 2.26. The summed E-state index contributed by atoms with van der Waals surface area (Å²) >= 11 is 0. The number of unbranched alkanes of at least 4 members (excludes halogenated alkanes) is 11. The van der Waals surface area contributed by atoms with Gasteiger partial charge in [0.25, 0.3) is 0 Å². The van der Waals surface area contributed by atoms with Crippen molar-refractivity contribution in [3.63, 3.8) is 0 Å². The van der Waals surface area contributed by atoms with Gasteiger partial charge in [0.05, 0.1) is 7.11 Å². The number of ether oxygens (including phenoxy) is 2. The van der Waals surface area contributed by atoms with Gasteiger partial charge in [-0.15, -0.1) is 0 Å². The van der Waals surface area contributed by atoms with Crippen molar-refractivity contribution < 1.29 is 24.2 Å². The molecule has 0 fully saturated rings. The molecule has 0 aromatic heterocycles. The van der Waals surface area contributed by atoms with Crippen LogP contribution in [0.25, 0.3) is 6.08 Å². The number of hydrogen-bond donors (Lipinski definition) is 1. The number of aromatic hydroxyl groups is 1. The van der Waals surface area contributed by atoms with E-state index >= 15 is 0 Å². The summed E-state index contributed by atoms with van der Waals surface area (Å²) in [6, 6.07) is 4.70. The molecule has 0 saturated carbocycles. The average Bonchev–Trinajstić information content (AvgIpc) is 2.81. The first-order valence-electron chi connectivity index (χ1n) is 12.5. The fourth-order valence-electron chi connectivity index (χ4n) is 3.50. The number of benzene rings is 1. The molecule has 5 heteroatoms. The monoisotopic (exact) mass is 458 g/mol. The Morgan fingerprint density at radius 1 is 0.879 bits per heavy atom. The Bertz CT molecular complexity index is 736. The molecule has 0 unspecified atom stereocenters. The van der Waals surface area contributed by atoms with Crippen LogP contribution in [0, 0.1) is 0 Å². The largest absolute Gasteiger partial charge is 0.504 e. The van der Waals surface area contributed by atoms with Gasteiger partial charge in [-0.2, -0.15) is 0 Å². The van der Waals surface area contributed by atoms with Crippen molar-refractivity contribution in [2.45, 2.75) is 96.8 Å². The van der Waals surface area contributed by atoms with Gasteiger partial charge in [-0.05, 0) is 55.9 Å². The van der Waals surface area contributed by atoms with Gasteiger partial charge in [0.1, 0.15) is 0 Å². The van der Waals surface area contributed by atoms with Gasteiger partial charge in [-0.1, -0.05) is 76.5 Å².